The molecular formula is C13H22N2O5S. The molecule has 0 aromatic heterocycles. The smallest absolute Gasteiger partial charge is 0.410 e. The van der Waals surface area contributed by atoms with Crippen LogP contribution >= 0.6 is 0 Å². The van der Waals surface area contributed by atoms with Gasteiger partial charge < -0.3 is 14.5 Å². The molecule has 2 aliphatic heterocycles. The highest BCUT2D eigenvalue weighted by Gasteiger charge is 2.49. The number of fused-ring (bicyclic) bond motifs is 1. The van der Waals surface area contributed by atoms with Crippen LogP contribution in [-0.4, -0.2) is 72.5 Å². The molecule has 0 saturated carbocycles. The van der Waals surface area contributed by atoms with Crippen LogP contribution < -0.4 is 0 Å². The lowest BCUT2D eigenvalue weighted by atomic mass is 10.1. The van der Waals surface area contributed by atoms with E-state index in [2.05, 4.69) is 0 Å². The summed E-state index contributed by atoms with van der Waals surface area (Å²) in [5, 5.41) is 0. The van der Waals surface area contributed by atoms with E-state index in [9.17, 15) is 18.0 Å². The molecule has 2 rings (SSSR count). The maximum absolute atomic E-state index is 12.2. The van der Waals surface area contributed by atoms with Crippen molar-refractivity contribution < 1.29 is 22.7 Å². The van der Waals surface area contributed by atoms with Crippen molar-refractivity contribution in [2.75, 3.05) is 24.6 Å². The molecule has 2 heterocycles. The summed E-state index contributed by atoms with van der Waals surface area (Å²) in [6.07, 6.45) is -0.516. The van der Waals surface area contributed by atoms with Crippen molar-refractivity contribution in [3.63, 3.8) is 0 Å². The van der Waals surface area contributed by atoms with E-state index in [1.807, 2.05) is 0 Å². The molecule has 0 spiro atoms. The molecule has 0 aliphatic carbocycles. The van der Waals surface area contributed by atoms with Crippen LogP contribution in [0.1, 0.15) is 27.7 Å². The van der Waals surface area contributed by atoms with Crippen molar-refractivity contribution in [2.24, 2.45) is 0 Å². The fourth-order valence-corrected chi connectivity index (χ4v) is 4.87. The predicted octanol–water partition coefficient (Wildman–Crippen LogP) is 0.251. The van der Waals surface area contributed by atoms with E-state index in [0.29, 0.717) is 13.1 Å². The standard InChI is InChI=1S/C13H22N2O5S/c1-9(16)14-5-6-15(12(17)20-13(2,3)4)11-8-21(18,19)7-10(11)14/h10-11H,5-8H2,1-4H3/t10-,11-/m0/s1. The van der Waals surface area contributed by atoms with Gasteiger partial charge in [-0.05, 0) is 20.8 Å². The number of rotatable bonds is 0. The maximum Gasteiger partial charge on any atom is 0.410 e. The fourth-order valence-electron chi connectivity index (χ4n) is 2.89. The molecule has 0 bridgehead atoms. The van der Waals surface area contributed by atoms with Gasteiger partial charge in [0.1, 0.15) is 5.60 Å². The van der Waals surface area contributed by atoms with Gasteiger partial charge in [-0.3, -0.25) is 4.79 Å². The molecule has 0 unspecified atom stereocenters. The van der Waals surface area contributed by atoms with Gasteiger partial charge in [-0.25, -0.2) is 13.2 Å². The third-order valence-corrected chi connectivity index (χ3v) is 5.41. The van der Waals surface area contributed by atoms with Crippen LogP contribution in [-0.2, 0) is 19.4 Å². The average molecular weight is 318 g/mol. The second-order valence-corrected chi connectivity index (χ2v) is 8.75. The van der Waals surface area contributed by atoms with Crippen molar-refractivity contribution >= 4 is 21.8 Å². The molecule has 2 aliphatic rings. The second kappa shape index (κ2) is 5.15. The van der Waals surface area contributed by atoms with Crippen molar-refractivity contribution in [1.29, 1.82) is 0 Å². The van der Waals surface area contributed by atoms with Crippen LogP contribution in [0, 0.1) is 0 Å². The Bertz CT molecular complexity index is 551. The van der Waals surface area contributed by atoms with Crippen molar-refractivity contribution in [3.05, 3.63) is 0 Å². The zero-order chi connectivity index (χ0) is 16.0. The normalized spacial score (nSPS) is 28.2. The Labute approximate surface area is 125 Å². The van der Waals surface area contributed by atoms with Crippen LogP contribution in [0.25, 0.3) is 0 Å². The molecule has 120 valence electrons. The van der Waals surface area contributed by atoms with Gasteiger partial charge in [-0.15, -0.1) is 0 Å². The summed E-state index contributed by atoms with van der Waals surface area (Å²) >= 11 is 0. The summed E-state index contributed by atoms with van der Waals surface area (Å²) in [4.78, 5) is 26.9. The number of sulfone groups is 1. The van der Waals surface area contributed by atoms with Gasteiger partial charge in [-0.1, -0.05) is 0 Å². The van der Waals surface area contributed by atoms with E-state index in [1.165, 1.54) is 11.8 Å². The van der Waals surface area contributed by atoms with Gasteiger partial charge in [-0.2, -0.15) is 0 Å². The molecule has 2 atom stereocenters. The van der Waals surface area contributed by atoms with E-state index in [4.69, 9.17) is 4.74 Å². The third-order valence-electron chi connectivity index (χ3n) is 3.71. The topological polar surface area (TPSA) is 84.0 Å². The summed E-state index contributed by atoms with van der Waals surface area (Å²) in [6.45, 7) is 7.35. The highest BCUT2D eigenvalue weighted by molar-refractivity contribution is 7.91. The molecule has 21 heavy (non-hydrogen) atoms. The van der Waals surface area contributed by atoms with Gasteiger partial charge >= 0.3 is 6.09 Å². The number of carbonyl (C=O) groups excluding carboxylic acids is 2. The van der Waals surface area contributed by atoms with Gasteiger partial charge in [0.05, 0.1) is 23.6 Å². The Hall–Kier alpha value is -1.31. The minimum absolute atomic E-state index is 0.0868. The van der Waals surface area contributed by atoms with Crippen molar-refractivity contribution in [3.8, 4) is 0 Å². The molecule has 2 amide bonds. The predicted molar refractivity (Wildman–Crippen MR) is 76.6 cm³/mol. The highest BCUT2D eigenvalue weighted by Crippen LogP contribution is 2.28. The first-order chi connectivity index (χ1) is 9.50. The van der Waals surface area contributed by atoms with E-state index in [1.54, 1.807) is 25.7 Å². The Kier molecular flexibility index (Phi) is 3.94. The molecule has 2 saturated heterocycles. The SMILES string of the molecule is CC(=O)N1CCN(C(=O)OC(C)(C)C)[C@H]2CS(=O)(=O)C[C@@H]21. The van der Waals surface area contributed by atoms with Crippen LogP contribution in [0.2, 0.25) is 0 Å². The minimum Gasteiger partial charge on any atom is -0.444 e. The third kappa shape index (κ3) is 3.48. The number of nitrogens with zero attached hydrogens (tertiary/aromatic N) is 2. The number of ether oxygens (including phenoxy) is 1. The molecule has 2 fully saturated rings. The molecule has 0 aromatic carbocycles. The second-order valence-electron chi connectivity index (χ2n) is 6.60. The Morgan fingerprint density at radius 1 is 1.05 bits per heavy atom. The van der Waals surface area contributed by atoms with Gasteiger partial charge in [0.15, 0.2) is 9.84 Å². The number of hydrogen-bond acceptors (Lipinski definition) is 5. The number of piperazine rings is 1. The van der Waals surface area contributed by atoms with E-state index in [0.717, 1.165) is 0 Å². The first-order valence-electron chi connectivity index (χ1n) is 6.97. The first-order valence-corrected chi connectivity index (χ1v) is 8.79. The summed E-state index contributed by atoms with van der Waals surface area (Å²) in [5.74, 6) is -0.358. The van der Waals surface area contributed by atoms with Gasteiger partial charge in [0, 0.05) is 20.0 Å². The zero-order valence-corrected chi connectivity index (χ0v) is 13.6. The zero-order valence-electron chi connectivity index (χ0n) is 12.8. The quantitative estimate of drug-likeness (QED) is 0.639. The molecule has 0 N–H and O–H groups in total. The number of amides is 2. The highest BCUT2D eigenvalue weighted by atomic mass is 32.2. The molecule has 7 nitrogen and oxygen atoms in total. The molecule has 0 radical (unpaired) electrons. The van der Waals surface area contributed by atoms with Gasteiger partial charge in [0.2, 0.25) is 5.91 Å². The van der Waals surface area contributed by atoms with E-state index in [-0.39, 0.29) is 17.4 Å². The van der Waals surface area contributed by atoms with Gasteiger partial charge in [0.25, 0.3) is 0 Å². The maximum atomic E-state index is 12.2. The van der Waals surface area contributed by atoms with Crippen LogP contribution in [0.4, 0.5) is 4.79 Å². The Morgan fingerprint density at radius 2 is 1.52 bits per heavy atom. The Balaban J connectivity index is 2.23. The van der Waals surface area contributed by atoms with Crippen molar-refractivity contribution in [1.82, 2.24) is 9.80 Å². The summed E-state index contributed by atoms with van der Waals surface area (Å²) in [6, 6.07) is -0.976. The minimum atomic E-state index is -3.25. The lowest BCUT2D eigenvalue weighted by Gasteiger charge is -2.43. The van der Waals surface area contributed by atoms with Crippen molar-refractivity contribution in [2.45, 2.75) is 45.4 Å². The summed E-state index contributed by atoms with van der Waals surface area (Å²) in [5.41, 5.74) is -0.637. The largest absolute Gasteiger partial charge is 0.444 e. The fraction of sp³-hybridized carbons (Fsp3) is 0.846. The molecule has 8 heteroatoms. The number of hydrogen-bond donors (Lipinski definition) is 0. The van der Waals surface area contributed by atoms with Crippen LogP contribution in [0.15, 0.2) is 0 Å². The van der Waals surface area contributed by atoms with Crippen LogP contribution in [0.5, 0.6) is 0 Å². The first kappa shape index (κ1) is 16.1. The molecule has 0 aromatic rings. The monoisotopic (exact) mass is 318 g/mol. The summed E-state index contributed by atoms with van der Waals surface area (Å²) < 4.78 is 29.1. The number of carbonyl (C=O) groups is 2. The summed E-state index contributed by atoms with van der Waals surface area (Å²) in [7, 11) is -3.25. The molecular weight excluding hydrogens is 296 g/mol. The lowest BCUT2D eigenvalue weighted by Crippen LogP contribution is -2.62. The van der Waals surface area contributed by atoms with Crippen LogP contribution in [0.3, 0.4) is 0 Å². The Morgan fingerprint density at radius 3 is 2.00 bits per heavy atom. The average Bonchev–Trinajstić information content (AvgIpc) is 2.59. The van der Waals surface area contributed by atoms with E-state index < -0.39 is 33.6 Å². The van der Waals surface area contributed by atoms with E-state index >= 15 is 0 Å². The lowest BCUT2D eigenvalue weighted by molar-refractivity contribution is -0.134.